The maximum atomic E-state index is 12.7. The van der Waals surface area contributed by atoms with Gasteiger partial charge in [0.05, 0.1) is 5.92 Å². The zero-order chi connectivity index (χ0) is 15.1. The number of carbonyl (C=O) groups excluding carboxylic acids is 1. The van der Waals surface area contributed by atoms with Crippen molar-refractivity contribution >= 4 is 12.0 Å². The summed E-state index contributed by atoms with van der Waals surface area (Å²) in [6.07, 6.45) is 4.75. The van der Waals surface area contributed by atoms with Gasteiger partial charge in [0.2, 0.25) is 0 Å². The number of aliphatic carboxylic acids is 1. The van der Waals surface area contributed by atoms with Crippen LogP contribution in [0.15, 0.2) is 0 Å². The largest absolute Gasteiger partial charge is 0.481 e. The fourth-order valence-electron chi connectivity index (χ4n) is 4.35. The van der Waals surface area contributed by atoms with E-state index in [1.54, 1.807) is 4.90 Å². The molecule has 0 aliphatic carbocycles. The van der Waals surface area contributed by atoms with Crippen molar-refractivity contribution < 1.29 is 14.7 Å². The van der Waals surface area contributed by atoms with Gasteiger partial charge in [-0.15, -0.1) is 0 Å². The number of carboxylic acid groups (broad SMARTS) is 1. The number of carbonyl (C=O) groups is 2. The molecule has 118 valence electrons. The van der Waals surface area contributed by atoms with Crippen molar-refractivity contribution in [3.05, 3.63) is 0 Å². The minimum atomic E-state index is -0.752. The van der Waals surface area contributed by atoms with Gasteiger partial charge < -0.3 is 19.8 Å². The molecule has 3 saturated heterocycles. The number of rotatable bonds is 3. The lowest BCUT2D eigenvalue weighted by atomic mass is 9.89. The Morgan fingerprint density at radius 2 is 2.05 bits per heavy atom. The molecule has 6 nitrogen and oxygen atoms in total. The van der Waals surface area contributed by atoms with Crippen LogP contribution in [0, 0.1) is 5.92 Å². The number of likely N-dealkylation sites (tertiary alicyclic amines) is 1. The van der Waals surface area contributed by atoms with Crippen molar-refractivity contribution in [2.75, 3.05) is 27.2 Å². The van der Waals surface area contributed by atoms with Crippen LogP contribution in [0.1, 0.15) is 32.1 Å². The van der Waals surface area contributed by atoms with E-state index in [9.17, 15) is 14.7 Å². The van der Waals surface area contributed by atoms with E-state index >= 15 is 0 Å². The lowest BCUT2D eigenvalue weighted by molar-refractivity contribution is -0.142. The molecule has 0 saturated carbocycles. The quantitative estimate of drug-likeness (QED) is 0.846. The molecular weight excluding hydrogens is 270 g/mol. The molecule has 21 heavy (non-hydrogen) atoms. The van der Waals surface area contributed by atoms with Crippen LogP contribution in [-0.4, -0.2) is 77.1 Å². The number of fused-ring (bicyclic) bond motifs is 2. The molecule has 0 radical (unpaired) electrons. The monoisotopic (exact) mass is 295 g/mol. The van der Waals surface area contributed by atoms with Crippen LogP contribution in [0.25, 0.3) is 0 Å². The van der Waals surface area contributed by atoms with Gasteiger partial charge in [0.25, 0.3) is 0 Å². The van der Waals surface area contributed by atoms with Gasteiger partial charge in [-0.2, -0.15) is 0 Å². The highest BCUT2D eigenvalue weighted by Crippen LogP contribution is 2.42. The average Bonchev–Trinajstić information content (AvgIpc) is 3.13. The third kappa shape index (κ3) is 2.50. The highest BCUT2D eigenvalue weighted by atomic mass is 16.4. The highest BCUT2D eigenvalue weighted by molar-refractivity contribution is 5.79. The molecule has 3 aliphatic heterocycles. The lowest BCUT2D eigenvalue weighted by Crippen LogP contribution is -2.48. The maximum Gasteiger partial charge on any atom is 0.320 e. The zero-order valence-corrected chi connectivity index (χ0v) is 12.9. The van der Waals surface area contributed by atoms with Crippen molar-refractivity contribution in [1.29, 1.82) is 0 Å². The molecule has 6 heteroatoms. The Labute approximate surface area is 125 Å². The first kappa shape index (κ1) is 14.6. The number of nitrogens with zero attached hydrogens (tertiary/aromatic N) is 3. The number of urea groups is 1. The molecule has 0 aromatic carbocycles. The molecule has 1 N–H and O–H groups in total. The summed E-state index contributed by atoms with van der Waals surface area (Å²) >= 11 is 0. The summed E-state index contributed by atoms with van der Waals surface area (Å²) < 4.78 is 0. The fourth-order valence-corrected chi connectivity index (χ4v) is 4.35. The zero-order valence-electron chi connectivity index (χ0n) is 12.9. The van der Waals surface area contributed by atoms with Gasteiger partial charge in [0, 0.05) is 31.7 Å². The Morgan fingerprint density at radius 3 is 2.62 bits per heavy atom. The van der Waals surface area contributed by atoms with Gasteiger partial charge >= 0.3 is 12.0 Å². The van der Waals surface area contributed by atoms with E-state index in [-0.39, 0.29) is 24.0 Å². The second kappa shape index (κ2) is 5.48. The summed E-state index contributed by atoms with van der Waals surface area (Å²) in [5.41, 5.74) is 0. The number of amides is 2. The number of hydrogen-bond acceptors (Lipinski definition) is 3. The minimum Gasteiger partial charge on any atom is -0.481 e. The standard InChI is InChI=1S/C15H25N3O3/c1-16-7-3-4-11(16)9-17(2)15(21)18-10-5-6-13(18)12(8-10)14(19)20/h10-13H,3-9H2,1-2H3,(H,19,20). The molecule has 4 atom stereocenters. The summed E-state index contributed by atoms with van der Waals surface area (Å²) in [5, 5.41) is 9.28. The normalized spacial score (nSPS) is 35.4. The Hall–Kier alpha value is -1.30. The molecule has 3 rings (SSSR count). The lowest BCUT2D eigenvalue weighted by Gasteiger charge is -2.31. The Balaban J connectivity index is 1.64. The predicted molar refractivity (Wildman–Crippen MR) is 78.1 cm³/mol. The van der Waals surface area contributed by atoms with Crippen molar-refractivity contribution in [3.63, 3.8) is 0 Å². The molecule has 0 spiro atoms. The fraction of sp³-hybridized carbons (Fsp3) is 0.867. The molecule has 4 unspecified atom stereocenters. The third-order valence-corrected chi connectivity index (χ3v) is 5.56. The first-order valence-electron chi connectivity index (χ1n) is 7.95. The van der Waals surface area contributed by atoms with Crippen LogP contribution in [0.5, 0.6) is 0 Å². The predicted octanol–water partition coefficient (Wildman–Crippen LogP) is 1.07. The second-order valence-electron chi connectivity index (χ2n) is 6.83. The van der Waals surface area contributed by atoms with Crippen LogP contribution in [-0.2, 0) is 4.79 Å². The summed E-state index contributed by atoms with van der Waals surface area (Å²) in [6, 6.07) is 0.497. The molecular formula is C15H25N3O3. The highest BCUT2D eigenvalue weighted by Gasteiger charge is 2.52. The topological polar surface area (TPSA) is 64.1 Å². The Morgan fingerprint density at radius 1 is 1.29 bits per heavy atom. The van der Waals surface area contributed by atoms with Crippen LogP contribution in [0.2, 0.25) is 0 Å². The van der Waals surface area contributed by atoms with Gasteiger partial charge in [-0.3, -0.25) is 4.79 Å². The van der Waals surface area contributed by atoms with Crippen molar-refractivity contribution in [1.82, 2.24) is 14.7 Å². The molecule has 3 aliphatic rings. The van der Waals surface area contributed by atoms with Gasteiger partial charge in [-0.05, 0) is 45.7 Å². The number of likely N-dealkylation sites (N-methyl/N-ethyl adjacent to an activating group) is 2. The van der Waals surface area contributed by atoms with E-state index < -0.39 is 5.97 Å². The van der Waals surface area contributed by atoms with E-state index in [1.807, 2.05) is 11.9 Å². The Bertz CT molecular complexity index is 442. The smallest absolute Gasteiger partial charge is 0.320 e. The van der Waals surface area contributed by atoms with Crippen molar-refractivity contribution in [3.8, 4) is 0 Å². The molecule has 0 aromatic heterocycles. The van der Waals surface area contributed by atoms with Gasteiger partial charge in [0.15, 0.2) is 0 Å². The van der Waals surface area contributed by atoms with E-state index in [0.717, 1.165) is 32.4 Å². The van der Waals surface area contributed by atoms with Crippen molar-refractivity contribution in [2.24, 2.45) is 5.92 Å². The molecule has 3 heterocycles. The van der Waals surface area contributed by atoms with Crippen LogP contribution in [0.3, 0.4) is 0 Å². The molecule has 3 fully saturated rings. The van der Waals surface area contributed by atoms with Gasteiger partial charge in [-0.1, -0.05) is 0 Å². The average molecular weight is 295 g/mol. The molecule has 0 aromatic rings. The number of hydrogen-bond donors (Lipinski definition) is 1. The maximum absolute atomic E-state index is 12.7. The first-order chi connectivity index (χ1) is 9.99. The van der Waals surface area contributed by atoms with E-state index in [2.05, 4.69) is 11.9 Å². The summed E-state index contributed by atoms with van der Waals surface area (Å²) in [7, 11) is 3.96. The Kier molecular flexibility index (Phi) is 3.82. The molecule has 2 bridgehead atoms. The van der Waals surface area contributed by atoms with Gasteiger partial charge in [0.1, 0.15) is 0 Å². The van der Waals surface area contributed by atoms with Crippen LogP contribution in [0.4, 0.5) is 4.79 Å². The number of carboxylic acids is 1. The SMILES string of the molecule is CN(CC1CCCN1C)C(=O)N1C2CCC1C(C(=O)O)C2. The second-order valence-corrected chi connectivity index (χ2v) is 6.83. The summed E-state index contributed by atoms with van der Waals surface area (Å²) in [4.78, 5) is 30.0. The summed E-state index contributed by atoms with van der Waals surface area (Å²) in [6.45, 7) is 1.84. The molecule has 2 amide bonds. The van der Waals surface area contributed by atoms with E-state index in [1.165, 1.54) is 6.42 Å². The van der Waals surface area contributed by atoms with Crippen molar-refractivity contribution in [2.45, 2.75) is 50.2 Å². The van der Waals surface area contributed by atoms with E-state index in [4.69, 9.17) is 0 Å². The third-order valence-electron chi connectivity index (χ3n) is 5.56. The minimum absolute atomic E-state index is 0.0200. The van der Waals surface area contributed by atoms with Crippen LogP contribution >= 0.6 is 0 Å². The summed E-state index contributed by atoms with van der Waals surface area (Å²) in [5.74, 6) is -1.12. The van der Waals surface area contributed by atoms with E-state index in [0.29, 0.717) is 12.5 Å². The van der Waals surface area contributed by atoms with Gasteiger partial charge in [-0.25, -0.2) is 4.79 Å². The van der Waals surface area contributed by atoms with Crippen LogP contribution < -0.4 is 0 Å². The first-order valence-corrected chi connectivity index (χ1v) is 7.95.